The van der Waals surface area contributed by atoms with E-state index in [9.17, 15) is 9.59 Å². The largest absolute Gasteiger partial charge is 0.490 e. The van der Waals surface area contributed by atoms with Gasteiger partial charge < -0.3 is 19.5 Å². The third kappa shape index (κ3) is 7.17. The number of benzene rings is 1. The maximum Gasteiger partial charge on any atom is 0.331 e. The topological polar surface area (TPSA) is 73.9 Å². The molecule has 0 radical (unpaired) electrons. The van der Waals surface area contributed by atoms with Crippen molar-refractivity contribution in [2.75, 3.05) is 19.8 Å². The van der Waals surface area contributed by atoms with Crippen LogP contribution in [0.1, 0.15) is 33.3 Å². The average Bonchev–Trinajstić information content (AvgIpc) is 2.53. The van der Waals surface area contributed by atoms with Crippen molar-refractivity contribution in [2.24, 2.45) is 0 Å². The molecule has 1 rings (SSSR count). The minimum atomic E-state index is -0.583. The molecule has 0 saturated carbocycles. The lowest BCUT2D eigenvalue weighted by Gasteiger charge is -2.11. The summed E-state index contributed by atoms with van der Waals surface area (Å²) in [4.78, 5) is 23.0. The van der Waals surface area contributed by atoms with Crippen molar-refractivity contribution in [3.8, 4) is 11.5 Å². The van der Waals surface area contributed by atoms with Gasteiger partial charge in [0.25, 0.3) is 5.91 Å². The Kier molecular flexibility index (Phi) is 8.39. The van der Waals surface area contributed by atoms with Gasteiger partial charge in [-0.05, 0) is 51.5 Å². The quantitative estimate of drug-likeness (QED) is 0.554. The molecule has 24 heavy (non-hydrogen) atoms. The second-order valence-electron chi connectivity index (χ2n) is 5.24. The Hall–Kier alpha value is -2.50. The van der Waals surface area contributed by atoms with E-state index >= 15 is 0 Å². The van der Waals surface area contributed by atoms with Gasteiger partial charge in [-0.1, -0.05) is 6.07 Å². The molecule has 0 aliphatic heterocycles. The molecule has 0 fully saturated rings. The normalized spacial score (nSPS) is 10.7. The molecular formula is C18H25NO5. The summed E-state index contributed by atoms with van der Waals surface area (Å²) in [5.74, 6) is 0.364. The van der Waals surface area contributed by atoms with Gasteiger partial charge in [0.05, 0.1) is 13.2 Å². The minimum Gasteiger partial charge on any atom is -0.490 e. The average molecular weight is 335 g/mol. The van der Waals surface area contributed by atoms with Gasteiger partial charge in [-0.25, -0.2) is 4.79 Å². The lowest BCUT2D eigenvalue weighted by Crippen LogP contribution is -2.33. The van der Waals surface area contributed by atoms with Crippen LogP contribution in [0.2, 0.25) is 0 Å². The zero-order valence-electron chi connectivity index (χ0n) is 14.6. The summed E-state index contributed by atoms with van der Waals surface area (Å²) in [6, 6.07) is 5.38. The lowest BCUT2D eigenvalue weighted by atomic mass is 10.2. The van der Waals surface area contributed by atoms with E-state index < -0.39 is 5.97 Å². The number of nitrogens with one attached hydrogen (secondary N) is 1. The molecule has 1 N–H and O–H groups in total. The summed E-state index contributed by atoms with van der Waals surface area (Å²) in [7, 11) is 0. The van der Waals surface area contributed by atoms with Gasteiger partial charge in [0.1, 0.15) is 0 Å². The fourth-order valence-corrected chi connectivity index (χ4v) is 1.88. The van der Waals surface area contributed by atoms with Crippen molar-refractivity contribution >= 4 is 18.0 Å². The van der Waals surface area contributed by atoms with Crippen LogP contribution >= 0.6 is 0 Å². The van der Waals surface area contributed by atoms with Crippen molar-refractivity contribution in [3.05, 3.63) is 29.8 Å². The van der Waals surface area contributed by atoms with Crippen LogP contribution < -0.4 is 14.8 Å². The predicted molar refractivity (Wildman–Crippen MR) is 92.1 cm³/mol. The fourth-order valence-electron chi connectivity index (χ4n) is 1.88. The van der Waals surface area contributed by atoms with E-state index in [-0.39, 0.29) is 18.6 Å². The van der Waals surface area contributed by atoms with Crippen molar-refractivity contribution in [1.29, 1.82) is 0 Å². The van der Waals surface area contributed by atoms with Crippen LogP contribution in [0.5, 0.6) is 11.5 Å². The number of hydrogen-bond acceptors (Lipinski definition) is 5. The van der Waals surface area contributed by atoms with Crippen molar-refractivity contribution in [2.45, 2.75) is 33.7 Å². The Morgan fingerprint density at radius 3 is 2.42 bits per heavy atom. The highest BCUT2D eigenvalue weighted by atomic mass is 16.5. The highest BCUT2D eigenvalue weighted by Crippen LogP contribution is 2.28. The number of hydrogen-bond donors (Lipinski definition) is 1. The molecule has 0 atom stereocenters. The van der Waals surface area contributed by atoms with Crippen LogP contribution in [0.25, 0.3) is 6.08 Å². The summed E-state index contributed by atoms with van der Waals surface area (Å²) >= 11 is 0. The van der Waals surface area contributed by atoms with Crippen LogP contribution in [0, 0.1) is 0 Å². The molecule has 0 aliphatic rings. The van der Waals surface area contributed by atoms with Gasteiger partial charge in [0, 0.05) is 12.1 Å². The first-order valence-electron chi connectivity index (χ1n) is 8.00. The van der Waals surface area contributed by atoms with Gasteiger partial charge in [0.15, 0.2) is 18.1 Å². The monoisotopic (exact) mass is 335 g/mol. The summed E-state index contributed by atoms with van der Waals surface area (Å²) in [6.45, 7) is 8.21. The summed E-state index contributed by atoms with van der Waals surface area (Å²) < 4.78 is 15.9. The van der Waals surface area contributed by atoms with Gasteiger partial charge in [-0.2, -0.15) is 0 Å². The van der Waals surface area contributed by atoms with E-state index in [0.29, 0.717) is 24.7 Å². The summed E-state index contributed by atoms with van der Waals surface area (Å²) in [5, 5.41) is 2.64. The molecule has 0 saturated heterocycles. The molecule has 6 heteroatoms. The lowest BCUT2D eigenvalue weighted by molar-refractivity contribution is -0.143. The Labute approximate surface area is 142 Å². The second kappa shape index (κ2) is 10.3. The van der Waals surface area contributed by atoms with Gasteiger partial charge >= 0.3 is 5.97 Å². The molecule has 0 unspecified atom stereocenters. The van der Waals surface area contributed by atoms with E-state index in [0.717, 1.165) is 5.56 Å². The van der Waals surface area contributed by atoms with Crippen molar-refractivity contribution < 1.29 is 23.8 Å². The summed E-state index contributed by atoms with van der Waals surface area (Å²) in [6.07, 6.45) is 2.87. The van der Waals surface area contributed by atoms with E-state index in [2.05, 4.69) is 5.32 Å². The number of esters is 1. The Balaban J connectivity index is 2.64. The van der Waals surface area contributed by atoms with E-state index in [1.807, 2.05) is 33.8 Å². The maximum absolute atomic E-state index is 11.6. The second-order valence-corrected chi connectivity index (χ2v) is 5.24. The highest BCUT2D eigenvalue weighted by molar-refractivity contribution is 5.89. The van der Waals surface area contributed by atoms with Crippen molar-refractivity contribution in [3.63, 3.8) is 0 Å². The zero-order chi connectivity index (χ0) is 17.9. The number of carbonyl (C=O) groups is 2. The summed E-state index contributed by atoms with van der Waals surface area (Å²) in [5.41, 5.74) is 0.769. The number of rotatable bonds is 9. The molecule has 1 aromatic rings. The van der Waals surface area contributed by atoms with E-state index in [4.69, 9.17) is 14.2 Å². The number of carbonyl (C=O) groups excluding carboxylic acids is 2. The molecular weight excluding hydrogens is 310 g/mol. The molecule has 1 aromatic carbocycles. The van der Waals surface area contributed by atoms with Crippen molar-refractivity contribution in [1.82, 2.24) is 5.32 Å². The van der Waals surface area contributed by atoms with Gasteiger partial charge in [0.2, 0.25) is 0 Å². The van der Waals surface area contributed by atoms with E-state index in [1.54, 1.807) is 18.2 Å². The minimum absolute atomic E-state index is 0.00702. The van der Waals surface area contributed by atoms with Gasteiger partial charge in [-0.15, -0.1) is 0 Å². The Bertz CT molecular complexity index is 581. The number of amides is 1. The van der Waals surface area contributed by atoms with E-state index in [1.165, 1.54) is 6.08 Å². The molecule has 1 amide bonds. The smallest absolute Gasteiger partial charge is 0.331 e. The SMILES string of the molecule is CCOc1ccc(/C=C/C(=O)OCC(=O)NC(C)C)cc1OCC. The van der Waals surface area contributed by atoms with Gasteiger partial charge in [-0.3, -0.25) is 4.79 Å². The van der Waals surface area contributed by atoms with Crippen LogP contribution in [-0.4, -0.2) is 37.7 Å². The number of ether oxygens (including phenoxy) is 3. The standard InChI is InChI=1S/C18H25NO5/c1-5-22-15-9-7-14(11-16(15)23-6-2)8-10-18(21)24-12-17(20)19-13(3)4/h7-11,13H,5-6,12H2,1-4H3,(H,19,20)/b10-8+. The molecule has 0 spiro atoms. The Morgan fingerprint density at radius 1 is 1.12 bits per heavy atom. The Morgan fingerprint density at radius 2 is 1.79 bits per heavy atom. The fraction of sp³-hybridized carbons (Fsp3) is 0.444. The van der Waals surface area contributed by atoms with Crippen LogP contribution in [0.4, 0.5) is 0 Å². The molecule has 0 aromatic heterocycles. The maximum atomic E-state index is 11.6. The third-order valence-corrected chi connectivity index (χ3v) is 2.77. The first-order valence-corrected chi connectivity index (χ1v) is 8.00. The molecule has 6 nitrogen and oxygen atoms in total. The van der Waals surface area contributed by atoms with Crippen LogP contribution in [0.15, 0.2) is 24.3 Å². The zero-order valence-corrected chi connectivity index (χ0v) is 14.6. The molecule has 132 valence electrons. The van der Waals surface area contributed by atoms with Crippen LogP contribution in [-0.2, 0) is 14.3 Å². The molecule has 0 bridgehead atoms. The third-order valence-electron chi connectivity index (χ3n) is 2.77. The van der Waals surface area contributed by atoms with Crippen LogP contribution in [0.3, 0.4) is 0 Å². The molecule has 0 heterocycles. The first-order chi connectivity index (χ1) is 11.5. The first kappa shape index (κ1) is 19.5. The highest BCUT2D eigenvalue weighted by Gasteiger charge is 2.07. The molecule has 0 aliphatic carbocycles. The predicted octanol–water partition coefficient (Wildman–Crippen LogP) is 2.57.